The largest absolute Gasteiger partial charge is 0.508 e. The van der Waals surface area contributed by atoms with Crippen molar-refractivity contribution in [1.29, 1.82) is 0 Å². The minimum Gasteiger partial charge on any atom is -0.508 e. The zero-order valence-corrected chi connectivity index (χ0v) is 20.8. The van der Waals surface area contributed by atoms with Gasteiger partial charge in [-0.15, -0.1) is 0 Å². The van der Waals surface area contributed by atoms with Crippen LogP contribution >= 0.6 is 0 Å². The number of hydrogen-bond donors (Lipinski definition) is 2. The van der Waals surface area contributed by atoms with Crippen molar-refractivity contribution in [3.63, 3.8) is 0 Å². The van der Waals surface area contributed by atoms with E-state index in [0.717, 1.165) is 62.5 Å². The zero-order chi connectivity index (χ0) is 25.2. The highest BCUT2D eigenvalue weighted by Crippen LogP contribution is 2.34. The molecule has 0 bridgehead atoms. The molecule has 0 heterocycles. The Balaban J connectivity index is 1.90. The highest BCUT2D eigenvalue weighted by molar-refractivity contribution is 6.20. The van der Waals surface area contributed by atoms with Crippen molar-refractivity contribution in [2.24, 2.45) is 0 Å². The van der Waals surface area contributed by atoms with E-state index < -0.39 is 17.5 Å². The topological polar surface area (TPSA) is 74.6 Å². The Labute approximate surface area is 208 Å². The molecule has 0 aliphatic rings. The number of hydrogen-bond acceptors (Lipinski definition) is 4. The SMILES string of the molecule is CCCCCc1ccc(C(=O)C(C(=O)c2ccc(CCCCC)cc2)c2cc(O)ccc2O)cc1. The molecule has 4 heteroatoms. The lowest BCUT2D eigenvalue weighted by molar-refractivity contribution is 0.0858. The standard InChI is InChI=1S/C31H36O4/c1-3-5-7-9-22-11-15-24(16-12-22)30(34)29(27-21-26(32)19-20-28(27)33)31(35)25-17-13-23(14-18-25)10-8-6-4-2/h11-21,29,32-33H,3-10H2,1-2H3. The number of benzene rings is 3. The summed E-state index contributed by atoms with van der Waals surface area (Å²) in [6.45, 7) is 4.32. The normalized spacial score (nSPS) is 11.1. The number of phenolic OH excluding ortho intramolecular Hbond substituents is 2. The van der Waals surface area contributed by atoms with Crippen LogP contribution in [0.2, 0.25) is 0 Å². The van der Waals surface area contributed by atoms with E-state index in [1.54, 1.807) is 24.3 Å². The lowest BCUT2D eigenvalue weighted by Gasteiger charge is -2.18. The van der Waals surface area contributed by atoms with Crippen LogP contribution in [0.25, 0.3) is 0 Å². The van der Waals surface area contributed by atoms with Crippen molar-refractivity contribution in [3.8, 4) is 11.5 Å². The van der Waals surface area contributed by atoms with Gasteiger partial charge in [-0.2, -0.15) is 0 Å². The second kappa shape index (κ2) is 12.9. The smallest absolute Gasteiger partial charge is 0.178 e. The van der Waals surface area contributed by atoms with E-state index in [1.165, 1.54) is 18.2 Å². The van der Waals surface area contributed by atoms with Crippen molar-refractivity contribution in [2.75, 3.05) is 0 Å². The minimum absolute atomic E-state index is 0.110. The van der Waals surface area contributed by atoms with E-state index in [9.17, 15) is 19.8 Å². The summed E-state index contributed by atoms with van der Waals surface area (Å²) in [5.74, 6) is -2.35. The van der Waals surface area contributed by atoms with Crippen molar-refractivity contribution in [3.05, 3.63) is 94.5 Å². The van der Waals surface area contributed by atoms with Gasteiger partial charge < -0.3 is 10.2 Å². The molecule has 0 unspecified atom stereocenters. The molecule has 35 heavy (non-hydrogen) atoms. The van der Waals surface area contributed by atoms with E-state index in [-0.39, 0.29) is 17.1 Å². The Morgan fingerprint density at radius 1 is 0.657 bits per heavy atom. The Kier molecular flexibility index (Phi) is 9.66. The molecular weight excluding hydrogens is 436 g/mol. The fourth-order valence-electron chi connectivity index (χ4n) is 4.34. The average molecular weight is 473 g/mol. The summed E-state index contributed by atoms with van der Waals surface area (Å²) in [5.41, 5.74) is 3.22. The van der Waals surface area contributed by atoms with Crippen molar-refractivity contribution in [2.45, 2.75) is 71.1 Å². The Hall–Kier alpha value is -3.40. The van der Waals surface area contributed by atoms with Crippen molar-refractivity contribution < 1.29 is 19.8 Å². The first-order valence-corrected chi connectivity index (χ1v) is 12.7. The van der Waals surface area contributed by atoms with E-state index in [0.29, 0.717) is 11.1 Å². The minimum atomic E-state index is -1.25. The average Bonchev–Trinajstić information content (AvgIpc) is 2.87. The number of carbonyl (C=O) groups is 2. The highest BCUT2D eigenvalue weighted by atomic mass is 16.3. The number of aryl methyl sites for hydroxylation is 2. The lowest BCUT2D eigenvalue weighted by atomic mass is 9.83. The second-order valence-electron chi connectivity index (χ2n) is 9.21. The fraction of sp³-hybridized carbons (Fsp3) is 0.355. The molecule has 3 aromatic carbocycles. The molecule has 0 saturated heterocycles. The van der Waals surface area contributed by atoms with Gasteiger partial charge in [0, 0.05) is 16.7 Å². The summed E-state index contributed by atoms with van der Waals surface area (Å²) in [6.07, 6.45) is 8.69. The maximum atomic E-state index is 13.6. The number of aromatic hydroxyl groups is 2. The first-order valence-electron chi connectivity index (χ1n) is 12.7. The van der Waals surface area contributed by atoms with Gasteiger partial charge in [0.15, 0.2) is 11.6 Å². The number of unbranched alkanes of at least 4 members (excludes halogenated alkanes) is 4. The maximum Gasteiger partial charge on any atom is 0.178 e. The highest BCUT2D eigenvalue weighted by Gasteiger charge is 2.32. The van der Waals surface area contributed by atoms with Gasteiger partial charge >= 0.3 is 0 Å². The molecule has 184 valence electrons. The summed E-state index contributed by atoms with van der Waals surface area (Å²) in [6, 6.07) is 18.7. The number of Topliss-reactive ketones (excluding diaryl/α,β-unsaturated/α-hetero) is 2. The van der Waals surface area contributed by atoms with Crippen molar-refractivity contribution in [1.82, 2.24) is 0 Å². The Morgan fingerprint density at radius 2 is 1.11 bits per heavy atom. The lowest BCUT2D eigenvalue weighted by Crippen LogP contribution is -2.23. The molecule has 2 N–H and O–H groups in total. The number of rotatable bonds is 13. The van der Waals surface area contributed by atoms with Crippen LogP contribution in [0.3, 0.4) is 0 Å². The van der Waals surface area contributed by atoms with E-state index in [2.05, 4.69) is 13.8 Å². The monoisotopic (exact) mass is 472 g/mol. The number of phenols is 2. The molecule has 0 saturated carbocycles. The first-order chi connectivity index (χ1) is 16.9. The van der Waals surface area contributed by atoms with Gasteiger partial charge in [0.05, 0.1) is 0 Å². The van der Waals surface area contributed by atoms with Gasteiger partial charge in [-0.25, -0.2) is 0 Å². The van der Waals surface area contributed by atoms with Gasteiger partial charge in [-0.3, -0.25) is 9.59 Å². The zero-order valence-electron chi connectivity index (χ0n) is 20.8. The summed E-state index contributed by atoms with van der Waals surface area (Å²) in [5, 5.41) is 20.5. The summed E-state index contributed by atoms with van der Waals surface area (Å²) in [4.78, 5) is 27.2. The van der Waals surface area contributed by atoms with Crippen LogP contribution in [0, 0.1) is 0 Å². The third-order valence-corrected chi connectivity index (χ3v) is 6.46. The Bertz CT molecular complexity index is 1050. The van der Waals surface area contributed by atoms with E-state index in [1.807, 2.05) is 24.3 Å². The van der Waals surface area contributed by atoms with Crippen LogP contribution in [0.5, 0.6) is 11.5 Å². The van der Waals surface area contributed by atoms with Crippen LogP contribution in [0.15, 0.2) is 66.7 Å². The molecule has 4 nitrogen and oxygen atoms in total. The predicted molar refractivity (Wildman–Crippen MR) is 141 cm³/mol. The first kappa shape index (κ1) is 26.2. The van der Waals surface area contributed by atoms with Crippen molar-refractivity contribution >= 4 is 11.6 Å². The third kappa shape index (κ3) is 7.05. The fourth-order valence-corrected chi connectivity index (χ4v) is 4.34. The Morgan fingerprint density at radius 3 is 1.54 bits per heavy atom. The molecule has 0 spiro atoms. The quantitative estimate of drug-likeness (QED) is 0.117. The van der Waals surface area contributed by atoms with Gasteiger partial charge in [0.2, 0.25) is 0 Å². The van der Waals surface area contributed by atoms with Crippen LogP contribution in [-0.4, -0.2) is 21.8 Å². The van der Waals surface area contributed by atoms with E-state index >= 15 is 0 Å². The molecule has 0 radical (unpaired) electrons. The summed E-state index contributed by atoms with van der Waals surface area (Å²) < 4.78 is 0. The van der Waals surface area contributed by atoms with Gasteiger partial charge in [-0.1, -0.05) is 88.1 Å². The third-order valence-electron chi connectivity index (χ3n) is 6.46. The number of ketones is 2. The number of carbonyl (C=O) groups excluding carboxylic acids is 2. The molecule has 0 aliphatic heterocycles. The molecule has 0 amide bonds. The molecular formula is C31H36O4. The molecule has 0 atom stereocenters. The van der Waals surface area contributed by atoms with Gasteiger partial charge in [-0.05, 0) is 55.0 Å². The predicted octanol–water partition coefficient (Wildman–Crippen LogP) is 7.41. The van der Waals surface area contributed by atoms with Crippen LogP contribution < -0.4 is 0 Å². The van der Waals surface area contributed by atoms with E-state index in [4.69, 9.17) is 0 Å². The molecule has 3 rings (SSSR count). The summed E-state index contributed by atoms with van der Waals surface area (Å²) in [7, 11) is 0. The summed E-state index contributed by atoms with van der Waals surface area (Å²) >= 11 is 0. The van der Waals surface area contributed by atoms with Crippen LogP contribution in [0.1, 0.15) is 95.7 Å². The molecule has 0 aliphatic carbocycles. The van der Waals surface area contributed by atoms with Crippen LogP contribution in [0.4, 0.5) is 0 Å². The second-order valence-corrected chi connectivity index (χ2v) is 9.21. The van der Waals surface area contributed by atoms with Gasteiger partial charge in [0.1, 0.15) is 17.4 Å². The van der Waals surface area contributed by atoms with Gasteiger partial charge in [0.25, 0.3) is 0 Å². The maximum absolute atomic E-state index is 13.6. The van der Waals surface area contributed by atoms with Crippen LogP contribution in [-0.2, 0) is 12.8 Å². The molecule has 0 aromatic heterocycles. The molecule has 3 aromatic rings. The molecule has 0 fully saturated rings.